The molecular formula is C17H24N2O5. The first-order valence-electron chi connectivity index (χ1n) is 8.12. The second-order valence-corrected chi connectivity index (χ2v) is 5.87. The van der Waals surface area contributed by atoms with Crippen LogP contribution in [0, 0.1) is 12.8 Å². The second kappa shape index (κ2) is 9.12. The molecule has 0 radical (unpaired) electrons. The Kier molecular flexibility index (Phi) is 6.87. The minimum absolute atomic E-state index is 0.0835. The zero-order chi connectivity index (χ0) is 17.4. The highest BCUT2D eigenvalue weighted by atomic mass is 16.5. The van der Waals surface area contributed by atoms with Crippen LogP contribution in [0.5, 0.6) is 5.75 Å². The Labute approximate surface area is 141 Å². The fourth-order valence-corrected chi connectivity index (χ4v) is 2.41. The average Bonchev–Trinajstić information content (AvgIpc) is 2.56. The SMILES string of the molecule is Cc1ccc(NC(=O)NCCC(=O)O)cc1OCC1CCOCC1. The normalized spacial score (nSPS) is 14.9. The van der Waals surface area contributed by atoms with Crippen LogP contribution in [0.3, 0.4) is 0 Å². The zero-order valence-corrected chi connectivity index (χ0v) is 13.8. The Hall–Kier alpha value is -2.28. The third-order valence-electron chi connectivity index (χ3n) is 3.89. The molecule has 0 saturated carbocycles. The number of aryl methyl sites for hydroxylation is 1. The summed E-state index contributed by atoms with van der Waals surface area (Å²) in [5.74, 6) is 0.286. The maximum atomic E-state index is 11.7. The lowest BCUT2D eigenvalue weighted by atomic mass is 10.0. The third kappa shape index (κ3) is 6.08. The van der Waals surface area contributed by atoms with Gasteiger partial charge in [0.05, 0.1) is 13.0 Å². The number of rotatable bonds is 7. The van der Waals surface area contributed by atoms with E-state index in [9.17, 15) is 9.59 Å². The van der Waals surface area contributed by atoms with Crippen molar-refractivity contribution < 1.29 is 24.2 Å². The van der Waals surface area contributed by atoms with Gasteiger partial charge in [0.2, 0.25) is 0 Å². The Balaban J connectivity index is 1.85. The molecule has 1 fully saturated rings. The van der Waals surface area contributed by atoms with Crippen molar-refractivity contribution in [3.63, 3.8) is 0 Å². The van der Waals surface area contributed by atoms with Crippen LogP contribution in [-0.2, 0) is 9.53 Å². The van der Waals surface area contributed by atoms with E-state index < -0.39 is 12.0 Å². The molecule has 0 spiro atoms. The average molecular weight is 336 g/mol. The summed E-state index contributed by atoms with van der Waals surface area (Å²) in [4.78, 5) is 22.2. The number of carboxylic acid groups (broad SMARTS) is 1. The molecule has 1 aromatic carbocycles. The van der Waals surface area contributed by atoms with Crippen LogP contribution in [0.1, 0.15) is 24.8 Å². The van der Waals surface area contributed by atoms with Crippen molar-refractivity contribution in [3.05, 3.63) is 23.8 Å². The van der Waals surface area contributed by atoms with Crippen LogP contribution in [-0.4, -0.2) is 43.5 Å². The van der Waals surface area contributed by atoms with Crippen molar-refractivity contribution in [2.45, 2.75) is 26.2 Å². The van der Waals surface area contributed by atoms with E-state index in [1.165, 1.54) is 0 Å². The van der Waals surface area contributed by atoms with Gasteiger partial charge in [-0.3, -0.25) is 4.79 Å². The number of carbonyl (C=O) groups is 2. The van der Waals surface area contributed by atoms with Gasteiger partial charge in [0, 0.05) is 31.5 Å². The Morgan fingerprint density at radius 1 is 1.33 bits per heavy atom. The van der Waals surface area contributed by atoms with Crippen LogP contribution >= 0.6 is 0 Å². The molecule has 3 N–H and O–H groups in total. The minimum atomic E-state index is -0.950. The first kappa shape index (κ1) is 18.1. The van der Waals surface area contributed by atoms with Gasteiger partial charge in [-0.25, -0.2) is 4.79 Å². The molecule has 1 aliphatic rings. The summed E-state index contributed by atoms with van der Waals surface area (Å²) in [5, 5.41) is 13.7. The van der Waals surface area contributed by atoms with Gasteiger partial charge in [0.1, 0.15) is 5.75 Å². The Morgan fingerprint density at radius 2 is 2.08 bits per heavy atom. The van der Waals surface area contributed by atoms with Gasteiger partial charge >= 0.3 is 12.0 Å². The first-order chi connectivity index (χ1) is 11.5. The third-order valence-corrected chi connectivity index (χ3v) is 3.89. The smallest absolute Gasteiger partial charge is 0.319 e. The molecule has 0 unspecified atom stereocenters. The van der Waals surface area contributed by atoms with E-state index in [1.807, 2.05) is 13.0 Å². The second-order valence-electron chi connectivity index (χ2n) is 5.87. The summed E-state index contributed by atoms with van der Waals surface area (Å²) in [6.07, 6.45) is 1.90. The van der Waals surface area contributed by atoms with Crippen molar-refractivity contribution in [2.24, 2.45) is 5.92 Å². The summed E-state index contributed by atoms with van der Waals surface area (Å²) < 4.78 is 11.2. The van der Waals surface area contributed by atoms with Gasteiger partial charge in [-0.2, -0.15) is 0 Å². The zero-order valence-electron chi connectivity index (χ0n) is 13.8. The van der Waals surface area contributed by atoms with Crippen molar-refractivity contribution in [1.82, 2.24) is 5.32 Å². The molecule has 0 aromatic heterocycles. The lowest BCUT2D eigenvalue weighted by Crippen LogP contribution is -2.30. The predicted molar refractivity (Wildman–Crippen MR) is 89.5 cm³/mol. The monoisotopic (exact) mass is 336 g/mol. The lowest BCUT2D eigenvalue weighted by Gasteiger charge is -2.22. The number of benzene rings is 1. The summed E-state index contributed by atoms with van der Waals surface area (Å²) in [6, 6.07) is 5.01. The maximum absolute atomic E-state index is 11.7. The van der Waals surface area contributed by atoms with Gasteiger partial charge in [0.25, 0.3) is 0 Å². The molecule has 7 heteroatoms. The van der Waals surface area contributed by atoms with Crippen molar-refractivity contribution in [1.29, 1.82) is 0 Å². The van der Waals surface area contributed by atoms with Gasteiger partial charge < -0.3 is 25.2 Å². The number of carbonyl (C=O) groups excluding carboxylic acids is 1. The highest BCUT2D eigenvalue weighted by Gasteiger charge is 2.15. The first-order valence-corrected chi connectivity index (χ1v) is 8.12. The molecule has 132 valence electrons. The van der Waals surface area contributed by atoms with Gasteiger partial charge in [-0.15, -0.1) is 0 Å². The highest BCUT2D eigenvalue weighted by molar-refractivity contribution is 5.89. The van der Waals surface area contributed by atoms with Crippen LogP contribution in [0.4, 0.5) is 10.5 Å². The molecule has 1 aromatic rings. The van der Waals surface area contributed by atoms with E-state index in [1.54, 1.807) is 12.1 Å². The topological polar surface area (TPSA) is 96.9 Å². The molecule has 0 bridgehead atoms. The molecule has 0 atom stereocenters. The predicted octanol–water partition coefficient (Wildman–Crippen LogP) is 2.40. The summed E-state index contributed by atoms with van der Waals surface area (Å²) in [6.45, 7) is 4.24. The summed E-state index contributed by atoms with van der Waals surface area (Å²) in [5.41, 5.74) is 1.61. The largest absolute Gasteiger partial charge is 0.493 e. The molecule has 7 nitrogen and oxygen atoms in total. The van der Waals surface area contributed by atoms with E-state index in [4.69, 9.17) is 14.6 Å². The number of carboxylic acids is 1. The van der Waals surface area contributed by atoms with E-state index in [2.05, 4.69) is 10.6 Å². The molecule has 24 heavy (non-hydrogen) atoms. The van der Waals surface area contributed by atoms with Crippen LogP contribution in [0.25, 0.3) is 0 Å². The summed E-state index contributed by atoms with van der Waals surface area (Å²) in [7, 11) is 0. The van der Waals surface area contributed by atoms with Crippen LogP contribution < -0.4 is 15.4 Å². The lowest BCUT2D eigenvalue weighted by molar-refractivity contribution is -0.136. The molecule has 2 rings (SSSR count). The number of urea groups is 1. The molecule has 2 amide bonds. The van der Waals surface area contributed by atoms with Crippen LogP contribution in [0.2, 0.25) is 0 Å². The Morgan fingerprint density at radius 3 is 2.79 bits per heavy atom. The van der Waals surface area contributed by atoms with E-state index in [-0.39, 0.29) is 13.0 Å². The number of nitrogens with one attached hydrogen (secondary N) is 2. The van der Waals surface area contributed by atoms with Crippen molar-refractivity contribution in [2.75, 3.05) is 31.7 Å². The quantitative estimate of drug-likeness (QED) is 0.710. The molecule has 1 heterocycles. The number of amides is 2. The number of hydrogen-bond donors (Lipinski definition) is 3. The van der Waals surface area contributed by atoms with E-state index in [0.717, 1.165) is 37.4 Å². The minimum Gasteiger partial charge on any atom is -0.493 e. The van der Waals surface area contributed by atoms with Gasteiger partial charge in [0.15, 0.2) is 0 Å². The van der Waals surface area contributed by atoms with Gasteiger partial charge in [-0.05, 0) is 37.3 Å². The number of anilines is 1. The van der Waals surface area contributed by atoms with E-state index in [0.29, 0.717) is 18.2 Å². The number of hydrogen-bond acceptors (Lipinski definition) is 4. The highest BCUT2D eigenvalue weighted by Crippen LogP contribution is 2.24. The molecule has 1 aliphatic heterocycles. The number of ether oxygens (including phenoxy) is 2. The fourth-order valence-electron chi connectivity index (χ4n) is 2.41. The maximum Gasteiger partial charge on any atom is 0.319 e. The van der Waals surface area contributed by atoms with Crippen molar-refractivity contribution in [3.8, 4) is 5.75 Å². The van der Waals surface area contributed by atoms with Crippen molar-refractivity contribution >= 4 is 17.7 Å². The van der Waals surface area contributed by atoms with Gasteiger partial charge in [-0.1, -0.05) is 6.07 Å². The Bertz CT molecular complexity index is 570. The molecular weight excluding hydrogens is 312 g/mol. The molecule has 1 saturated heterocycles. The summed E-state index contributed by atoms with van der Waals surface area (Å²) >= 11 is 0. The standard InChI is InChI=1S/C17H24N2O5/c1-12-2-3-14(19-17(22)18-7-4-16(20)21)10-15(12)24-11-13-5-8-23-9-6-13/h2-3,10,13H,4-9,11H2,1H3,(H,20,21)(H2,18,19,22). The molecule has 0 aliphatic carbocycles. The van der Waals surface area contributed by atoms with E-state index >= 15 is 0 Å². The van der Waals surface area contributed by atoms with Crippen LogP contribution in [0.15, 0.2) is 18.2 Å². The number of aliphatic carboxylic acids is 1. The fraction of sp³-hybridized carbons (Fsp3) is 0.529.